The van der Waals surface area contributed by atoms with Gasteiger partial charge in [-0.05, 0) is 30.4 Å². The highest BCUT2D eigenvalue weighted by Gasteiger charge is 2.43. The number of hydrogen-bond acceptors (Lipinski definition) is 4. The second-order valence-electron chi connectivity index (χ2n) is 7.68. The van der Waals surface area contributed by atoms with Gasteiger partial charge in [-0.1, -0.05) is 38.1 Å². The van der Waals surface area contributed by atoms with Crippen LogP contribution >= 0.6 is 0 Å². The van der Waals surface area contributed by atoms with Crippen LogP contribution in [0.5, 0.6) is 5.88 Å². The second-order valence-corrected chi connectivity index (χ2v) is 7.68. The van der Waals surface area contributed by atoms with Gasteiger partial charge < -0.3 is 4.74 Å². The number of carbonyl (C=O) groups is 1. The summed E-state index contributed by atoms with van der Waals surface area (Å²) in [5, 5.41) is 7.34. The Labute approximate surface area is 168 Å². The standard InChI is InChI=1S/C22H23FN4O2/c1-12(2)9-17-18-19(26-25-17)22(28)27(14-10-16(23)21(29-4)24-11-14)20(18)15-8-6-5-7-13(15)3/h5-8,10-12,20H,9H2,1-4H3,(H,25,26). The largest absolute Gasteiger partial charge is 0.479 e. The molecule has 7 heteroatoms. The second kappa shape index (κ2) is 7.31. The summed E-state index contributed by atoms with van der Waals surface area (Å²) < 4.78 is 19.3. The van der Waals surface area contributed by atoms with Crippen molar-refractivity contribution in [3.05, 3.63) is 70.4 Å². The van der Waals surface area contributed by atoms with E-state index < -0.39 is 11.9 Å². The van der Waals surface area contributed by atoms with Crippen LogP contribution in [-0.2, 0) is 6.42 Å². The minimum absolute atomic E-state index is 0.103. The number of aryl methyl sites for hydroxylation is 1. The number of fused-ring (bicyclic) bond motifs is 1. The van der Waals surface area contributed by atoms with Crippen molar-refractivity contribution in [1.29, 1.82) is 0 Å². The lowest BCUT2D eigenvalue weighted by Crippen LogP contribution is -2.30. The summed E-state index contributed by atoms with van der Waals surface area (Å²) in [7, 11) is 1.36. The van der Waals surface area contributed by atoms with Crippen LogP contribution < -0.4 is 9.64 Å². The Morgan fingerprint density at radius 1 is 1.31 bits per heavy atom. The van der Waals surface area contributed by atoms with E-state index in [0.717, 1.165) is 28.8 Å². The van der Waals surface area contributed by atoms with Gasteiger partial charge in [0.1, 0.15) is 5.69 Å². The zero-order valence-electron chi connectivity index (χ0n) is 16.9. The van der Waals surface area contributed by atoms with Gasteiger partial charge in [0.15, 0.2) is 5.82 Å². The molecule has 1 aliphatic heterocycles. The van der Waals surface area contributed by atoms with Crippen LogP contribution in [0.3, 0.4) is 0 Å². The maximum absolute atomic E-state index is 14.4. The van der Waals surface area contributed by atoms with Crippen molar-refractivity contribution in [3.8, 4) is 5.88 Å². The van der Waals surface area contributed by atoms with Crippen molar-refractivity contribution in [2.45, 2.75) is 33.2 Å². The van der Waals surface area contributed by atoms with Crippen LogP contribution in [0.4, 0.5) is 10.1 Å². The highest BCUT2D eigenvalue weighted by Crippen LogP contribution is 2.44. The summed E-state index contributed by atoms with van der Waals surface area (Å²) in [4.78, 5) is 18.9. The minimum atomic E-state index is -0.613. The van der Waals surface area contributed by atoms with Crippen molar-refractivity contribution in [3.63, 3.8) is 0 Å². The first kappa shape index (κ1) is 19.1. The molecule has 0 radical (unpaired) electrons. The Morgan fingerprint density at radius 3 is 2.72 bits per heavy atom. The van der Waals surface area contributed by atoms with E-state index in [4.69, 9.17) is 4.74 Å². The van der Waals surface area contributed by atoms with Crippen LogP contribution in [0.1, 0.15) is 52.8 Å². The van der Waals surface area contributed by atoms with E-state index in [2.05, 4.69) is 29.0 Å². The van der Waals surface area contributed by atoms with E-state index in [1.165, 1.54) is 19.4 Å². The average Bonchev–Trinajstić information content (AvgIpc) is 3.21. The van der Waals surface area contributed by atoms with Gasteiger partial charge in [0.2, 0.25) is 5.88 Å². The Hall–Kier alpha value is -3.22. The molecule has 0 saturated heterocycles. The molecule has 1 unspecified atom stereocenters. The zero-order valence-corrected chi connectivity index (χ0v) is 16.9. The molecule has 1 amide bonds. The monoisotopic (exact) mass is 394 g/mol. The number of carbonyl (C=O) groups excluding carboxylic acids is 1. The molecule has 0 saturated carbocycles. The molecule has 0 fully saturated rings. The first-order valence-corrected chi connectivity index (χ1v) is 9.58. The number of ether oxygens (including phenoxy) is 1. The summed E-state index contributed by atoms with van der Waals surface area (Å²) in [5.74, 6) is -0.586. The van der Waals surface area contributed by atoms with Crippen LogP contribution in [0, 0.1) is 18.7 Å². The smallest absolute Gasteiger partial charge is 0.277 e. The molecule has 2 aromatic heterocycles. The Kier molecular flexibility index (Phi) is 4.82. The van der Waals surface area contributed by atoms with Crippen molar-refractivity contribution >= 4 is 11.6 Å². The molecular formula is C22H23FN4O2. The molecule has 1 aromatic carbocycles. The highest BCUT2D eigenvalue weighted by molar-refractivity contribution is 6.10. The summed E-state index contributed by atoms with van der Waals surface area (Å²) in [6, 6.07) is 8.79. The number of pyridine rings is 1. The number of nitrogens with zero attached hydrogens (tertiary/aromatic N) is 3. The lowest BCUT2D eigenvalue weighted by Gasteiger charge is -2.27. The molecule has 1 atom stereocenters. The maximum atomic E-state index is 14.4. The summed E-state index contributed by atoms with van der Waals surface area (Å²) in [6.07, 6.45) is 2.21. The predicted octanol–water partition coefficient (Wildman–Crippen LogP) is 4.21. The molecule has 6 nitrogen and oxygen atoms in total. The molecule has 4 rings (SSSR count). The number of nitrogens with one attached hydrogen (secondary N) is 1. The van der Waals surface area contributed by atoms with E-state index >= 15 is 0 Å². The topological polar surface area (TPSA) is 71.1 Å². The first-order chi connectivity index (χ1) is 13.9. The third-order valence-electron chi connectivity index (χ3n) is 5.20. The Morgan fingerprint density at radius 2 is 2.07 bits per heavy atom. The van der Waals surface area contributed by atoms with Gasteiger partial charge in [-0.25, -0.2) is 9.37 Å². The van der Waals surface area contributed by atoms with Crippen LogP contribution in [0.2, 0.25) is 0 Å². The SMILES string of the molecule is COc1ncc(N2C(=O)c3[nH]nc(CC(C)C)c3C2c2ccccc2C)cc1F. The summed E-state index contributed by atoms with van der Waals surface area (Å²) in [5.41, 5.74) is 4.56. The number of rotatable bonds is 5. The van der Waals surface area contributed by atoms with Gasteiger partial charge >= 0.3 is 0 Å². The molecule has 1 aliphatic rings. The van der Waals surface area contributed by atoms with Gasteiger partial charge in [-0.3, -0.25) is 14.8 Å². The normalized spacial score (nSPS) is 15.9. The fraction of sp³-hybridized carbons (Fsp3) is 0.318. The predicted molar refractivity (Wildman–Crippen MR) is 108 cm³/mol. The molecular weight excluding hydrogens is 371 g/mol. The van der Waals surface area contributed by atoms with Crippen molar-refractivity contribution in [1.82, 2.24) is 15.2 Å². The number of anilines is 1. The number of benzene rings is 1. The van der Waals surface area contributed by atoms with Gasteiger partial charge in [0.25, 0.3) is 5.91 Å². The number of methoxy groups -OCH3 is 1. The lowest BCUT2D eigenvalue weighted by molar-refractivity contribution is 0.0988. The van der Waals surface area contributed by atoms with E-state index in [1.807, 2.05) is 31.2 Å². The number of hydrogen-bond donors (Lipinski definition) is 1. The van der Waals surface area contributed by atoms with Crippen molar-refractivity contribution < 1.29 is 13.9 Å². The van der Waals surface area contributed by atoms with Crippen molar-refractivity contribution in [2.24, 2.45) is 5.92 Å². The molecule has 0 spiro atoms. The number of H-pyrrole nitrogens is 1. The average molecular weight is 394 g/mol. The van der Waals surface area contributed by atoms with Crippen molar-refractivity contribution in [2.75, 3.05) is 12.0 Å². The Balaban J connectivity index is 1.91. The fourth-order valence-electron chi connectivity index (χ4n) is 3.91. The zero-order chi connectivity index (χ0) is 20.7. The maximum Gasteiger partial charge on any atom is 0.277 e. The van der Waals surface area contributed by atoms with E-state index in [1.54, 1.807) is 4.90 Å². The van der Waals surface area contributed by atoms with Gasteiger partial charge in [-0.15, -0.1) is 0 Å². The highest BCUT2D eigenvalue weighted by atomic mass is 19.1. The van der Waals surface area contributed by atoms with Gasteiger partial charge in [0.05, 0.1) is 30.7 Å². The molecule has 0 bridgehead atoms. The van der Waals surface area contributed by atoms with Gasteiger partial charge in [-0.2, -0.15) is 5.10 Å². The minimum Gasteiger partial charge on any atom is -0.479 e. The van der Waals surface area contributed by atoms with Crippen LogP contribution in [0.25, 0.3) is 0 Å². The molecule has 3 aromatic rings. The summed E-state index contributed by atoms with van der Waals surface area (Å²) >= 11 is 0. The molecule has 3 heterocycles. The molecule has 29 heavy (non-hydrogen) atoms. The third-order valence-corrected chi connectivity index (χ3v) is 5.20. The van der Waals surface area contributed by atoms with E-state index in [0.29, 0.717) is 17.3 Å². The number of amides is 1. The number of aromatic amines is 1. The van der Waals surface area contributed by atoms with Gasteiger partial charge in [0, 0.05) is 11.6 Å². The lowest BCUT2D eigenvalue weighted by atomic mass is 9.93. The quantitative estimate of drug-likeness (QED) is 0.704. The van der Waals surface area contributed by atoms with E-state index in [9.17, 15) is 9.18 Å². The molecule has 0 aliphatic carbocycles. The molecule has 150 valence electrons. The number of aromatic nitrogens is 3. The third kappa shape index (κ3) is 3.16. The van der Waals surface area contributed by atoms with Crippen LogP contribution in [0.15, 0.2) is 36.5 Å². The number of halogens is 1. The summed E-state index contributed by atoms with van der Waals surface area (Å²) in [6.45, 7) is 6.23. The fourth-order valence-corrected chi connectivity index (χ4v) is 3.91. The van der Waals surface area contributed by atoms with E-state index in [-0.39, 0.29) is 11.8 Å². The Bertz CT molecular complexity index is 1080. The first-order valence-electron chi connectivity index (χ1n) is 9.58. The van der Waals surface area contributed by atoms with Crippen LogP contribution in [-0.4, -0.2) is 28.2 Å². The molecule has 1 N–H and O–H groups in total.